The van der Waals surface area contributed by atoms with Gasteiger partial charge in [-0.15, -0.1) is 0 Å². The predicted octanol–water partition coefficient (Wildman–Crippen LogP) is 4.63. The Kier molecular flexibility index (Phi) is 5.10. The second kappa shape index (κ2) is 7.77. The zero-order valence-corrected chi connectivity index (χ0v) is 18.2. The predicted molar refractivity (Wildman–Crippen MR) is 118 cm³/mol. The SMILES string of the molecule is C/C=C(/C(=O)OC)[C@H]1C[C@H]2c3[nH]c4cccc(OC)c4c3CCN2C[C@H]1CC1CC1. The molecule has 0 spiro atoms. The van der Waals surface area contributed by atoms with E-state index in [9.17, 15) is 4.79 Å². The van der Waals surface area contributed by atoms with Gasteiger partial charge in [-0.25, -0.2) is 4.79 Å². The number of ether oxygens (including phenoxy) is 2. The first-order valence-corrected chi connectivity index (χ1v) is 11.3. The Labute approximate surface area is 178 Å². The van der Waals surface area contributed by atoms with Crippen molar-refractivity contribution in [3.05, 3.63) is 41.1 Å². The lowest BCUT2D eigenvalue weighted by molar-refractivity contribution is -0.137. The lowest BCUT2D eigenvalue weighted by Crippen LogP contribution is -2.47. The molecule has 160 valence electrons. The number of methoxy groups -OCH3 is 2. The van der Waals surface area contributed by atoms with Gasteiger partial charge in [-0.1, -0.05) is 25.0 Å². The van der Waals surface area contributed by atoms with Crippen LogP contribution in [0, 0.1) is 17.8 Å². The fourth-order valence-corrected chi connectivity index (χ4v) is 5.96. The summed E-state index contributed by atoms with van der Waals surface area (Å²) in [5.74, 6) is 2.41. The molecule has 3 heterocycles. The van der Waals surface area contributed by atoms with E-state index in [4.69, 9.17) is 9.47 Å². The van der Waals surface area contributed by atoms with Gasteiger partial charge in [0, 0.05) is 35.3 Å². The fourth-order valence-electron chi connectivity index (χ4n) is 5.96. The molecule has 1 aliphatic carbocycles. The van der Waals surface area contributed by atoms with Gasteiger partial charge in [0.2, 0.25) is 0 Å². The van der Waals surface area contributed by atoms with Crippen LogP contribution in [0.15, 0.2) is 29.8 Å². The van der Waals surface area contributed by atoms with E-state index >= 15 is 0 Å². The van der Waals surface area contributed by atoms with Gasteiger partial charge in [0.25, 0.3) is 0 Å². The summed E-state index contributed by atoms with van der Waals surface area (Å²) >= 11 is 0. The van der Waals surface area contributed by atoms with Gasteiger partial charge >= 0.3 is 5.97 Å². The van der Waals surface area contributed by atoms with E-state index in [-0.39, 0.29) is 11.9 Å². The van der Waals surface area contributed by atoms with Gasteiger partial charge in [0.15, 0.2) is 0 Å². The summed E-state index contributed by atoms with van der Waals surface area (Å²) in [5.41, 5.74) is 4.72. The lowest BCUT2D eigenvalue weighted by Gasteiger charge is -2.47. The van der Waals surface area contributed by atoms with Gasteiger partial charge in [-0.05, 0) is 61.6 Å². The standard InChI is InChI=1S/C25H32N2O3/c1-4-17(25(28)30-3)19-13-21-24-18(23-20(26-24)6-5-7-22(23)29-2)10-11-27(21)14-16(19)12-15-8-9-15/h4-7,15-16,19,21,26H,8-14H2,1-3H3/b17-4+/t16-,19+,21+/m1/s1. The van der Waals surface area contributed by atoms with Crippen molar-refractivity contribution < 1.29 is 14.3 Å². The molecule has 5 nitrogen and oxygen atoms in total. The highest BCUT2D eigenvalue weighted by atomic mass is 16.5. The van der Waals surface area contributed by atoms with Crippen molar-refractivity contribution >= 4 is 16.9 Å². The highest BCUT2D eigenvalue weighted by molar-refractivity contribution is 5.91. The highest BCUT2D eigenvalue weighted by Gasteiger charge is 2.44. The Hall–Kier alpha value is -2.27. The van der Waals surface area contributed by atoms with Crippen molar-refractivity contribution in [2.24, 2.45) is 17.8 Å². The van der Waals surface area contributed by atoms with E-state index in [1.165, 1.54) is 43.0 Å². The molecule has 3 aliphatic rings. The van der Waals surface area contributed by atoms with E-state index in [1.807, 2.05) is 25.1 Å². The van der Waals surface area contributed by atoms with Crippen molar-refractivity contribution in [2.75, 3.05) is 27.3 Å². The van der Waals surface area contributed by atoms with Crippen LogP contribution in [0.25, 0.3) is 10.9 Å². The summed E-state index contributed by atoms with van der Waals surface area (Å²) in [5, 5.41) is 1.23. The molecule has 0 amide bonds. The highest BCUT2D eigenvalue weighted by Crippen LogP contribution is 2.49. The number of nitrogens with zero attached hydrogens (tertiary/aromatic N) is 1. The number of hydrogen-bond donors (Lipinski definition) is 1. The van der Waals surface area contributed by atoms with Crippen molar-refractivity contribution in [2.45, 2.75) is 45.1 Å². The molecule has 0 unspecified atom stereocenters. The maximum atomic E-state index is 12.6. The second-order valence-electron chi connectivity index (χ2n) is 9.18. The Bertz CT molecular complexity index is 988. The van der Waals surface area contributed by atoms with Gasteiger partial charge in [0.1, 0.15) is 5.75 Å². The molecule has 5 heteroatoms. The van der Waals surface area contributed by atoms with Gasteiger partial charge in [-0.3, -0.25) is 4.90 Å². The van der Waals surface area contributed by atoms with Gasteiger partial charge in [0.05, 0.1) is 20.3 Å². The minimum absolute atomic E-state index is 0.161. The van der Waals surface area contributed by atoms with Crippen LogP contribution in [0.4, 0.5) is 0 Å². The minimum atomic E-state index is -0.161. The number of allylic oxidation sites excluding steroid dienone is 1. The van der Waals surface area contributed by atoms with Crippen LogP contribution in [0.3, 0.4) is 0 Å². The molecular weight excluding hydrogens is 376 g/mol. The maximum Gasteiger partial charge on any atom is 0.333 e. The van der Waals surface area contributed by atoms with Crippen molar-refractivity contribution in [1.29, 1.82) is 0 Å². The van der Waals surface area contributed by atoms with Crippen LogP contribution >= 0.6 is 0 Å². The maximum absolute atomic E-state index is 12.6. The number of rotatable bonds is 5. The van der Waals surface area contributed by atoms with Gasteiger partial charge < -0.3 is 14.5 Å². The number of carbonyl (C=O) groups is 1. The van der Waals surface area contributed by atoms with Crippen LogP contribution in [0.2, 0.25) is 0 Å². The van der Waals surface area contributed by atoms with Crippen LogP contribution in [0.5, 0.6) is 5.75 Å². The normalized spacial score (nSPS) is 26.9. The monoisotopic (exact) mass is 408 g/mol. The van der Waals surface area contributed by atoms with Crippen molar-refractivity contribution in [1.82, 2.24) is 9.88 Å². The number of hydrogen-bond acceptors (Lipinski definition) is 4. The summed E-state index contributed by atoms with van der Waals surface area (Å²) in [6, 6.07) is 6.55. The van der Waals surface area contributed by atoms with Crippen molar-refractivity contribution in [3.8, 4) is 5.75 Å². The van der Waals surface area contributed by atoms with Crippen LogP contribution in [-0.2, 0) is 16.0 Å². The summed E-state index contributed by atoms with van der Waals surface area (Å²) in [7, 11) is 3.25. The Morgan fingerprint density at radius 2 is 2.13 bits per heavy atom. The Balaban J connectivity index is 1.53. The Morgan fingerprint density at radius 3 is 2.83 bits per heavy atom. The first-order chi connectivity index (χ1) is 14.6. The second-order valence-corrected chi connectivity index (χ2v) is 9.18. The average Bonchev–Trinajstić information content (AvgIpc) is 3.50. The number of esters is 1. The molecule has 0 radical (unpaired) electrons. The smallest absolute Gasteiger partial charge is 0.333 e. The lowest BCUT2D eigenvalue weighted by atomic mass is 9.73. The first kappa shape index (κ1) is 19.7. The molecular formula is C25H32N2O3. The molecule has 2 aliphatic heterocycles. The molecule has 1 saturated carbocycles. The first-order valence-electron chi connectivity index (χ1n) is 11.3. The van der Waals surface area contributed by atoms with E-state index in [0.29, 0.717) is 12.0 Å². The zero-order valence-electron chi connectivity index (χ0n) is 18.2. The minimum Gasteiger partial charge on any atom is -0.496 e. The average molecular weight is 409 g/mol. The van der Waals surface area contributed by atoms with E-state index in [0.717, 1.165) is 48.7 Å². The summed E-state index contributed by atoms with van der Waals surface area (Å²) in [6.45, 7) is 4.11. The van der Waals surface area contributed by atoms with E-state index in [2.05, 4.69) is 16.0 Å². The number of nitrogens with one attached hydrogen (secondary N) is 1. The molecule has 1 aromatic carbocycles. The number of H-pyrrole nitrogens is 1. The van der Waals surface area contributed by atoms with E-state index in [1.54, 1.807) is 7.11 Å². The molecule has 1 aromatic heterocycles. The third kappa shape index (κ3) is 3.24. The summed E-state index contributed by atoms with van der Waals surface area (Å²) in [6.07, 6.45) is 7.93. The number of benzene rings is 1. The number of aromatic amines is 1. The molecule has 1 N–H and O–H groups in total. The molecule has 5 rings (SSSR count). The number of piperidine rings is 1. The van der Waals surface area contributed by atoms with Crippen LogP contribution in [0.1, 0.15) is 49.9 Å². The number of fused-ring (bicyclic) bond motifs is 5. The van der Waals surface area contributed by atoms with Crippen LogP contribution < -0.4 is 4.74 Å². The summed E-state index contributed by atoms with van der Waals surface area (Å²) < 4.78 is 10.8. The molecule has 3 atom stereocenters. The van der Waals surface area contributed by atoms with Gasteiger partial charge in [-0.2, -0.15) is 0 Å². The summed E-state index contributed by atoms with van der Waals surface area (Å²) in [4.78, 5) is 19.0. The largest absolute Gasteiger partial charge is 0.496 e. The topological polar surface area (TPSA) is 54.6 Å². The number of carbonyl (C=O) groups excluding carboxylic acids is 1. The molecule has 1 saturated heterocycles. The Morgan fingerprint density at radius 1 is 1.30 bits per heavy atom. The molecule has 30 heavy (non-hydrogen) atoms. The fraction of sp³-hybridized carbons (Fsp3) is 0.560. The zero-order chi connectivity index (χ0) is 20.8. The number of aromatic nitrogens is 1. The quantitative estimate of drug-likeness (QED) is 0.579. The third-order valence-electron chi connectivity index (χ3n) is 7.55. The molecule has 2 fully saturated rings. The van der Waals surface area contributed by atoms with Crippen molar-refractivity contribution in [3.63, 3.8) is 0 Å². The third-order valence-corrected chi connectivity index (χ3v) is 7.55. The van der Waals surface area contributed by atoms with Crippen LogP contribution in [-0.4, -0.2) is 43.2 Å². The van der Waals surface area contributed by atoms with E-state index < -0.39 is 0 Å². The molecule has 2 aromatic rings. The molecule has 0 bridgehead atoms.